The van der Waals surface area contributed by atoms with Gasteiger partial charge in [-0.15, -0.1) is 0 Å². The molecular formula is C15H12FNO4. The topological polar surface area (TPSA) is 75.6 Å². The first-order valence-electron chi connectivity index (χ1n) is 6.00. The lowest BCUT2D eigenvalue weighted by molar-refractivity contribution is 0.0602. The van der Waals surface area contributed by atoms with Crippen molar-refractivity contribution in [3.8, 4) is 5.75 Å². The van der Waals surface area contributed by atoms with E-state index in [4.69, 9.17) is 0 Å². The summed E-state index contributed by atoms with van der Waals surface area (Å²) in [7, 11) is 1.22. The Kier molecular flexibility index (Phi) is 4.18. The highest BCUT2D eigenvalue weighted by Gasteiger charge is 2.16. The van der Waals surface area contributed by atoms with Gasteiger partial charge in [-0.05, 0) is 30.3 Å². The molecule has 5 nitrogen and oxygen atoms in total. The summed E-state index contributed by atoms with van der Waals surface area (Å²) in [6.45, 7) is 0. The fraction of sp³-hybridized carbons (Fsp3) is 0.0667. The highest BCUT2D eigenvalue weighted by atomic mass is 19.1. The summed E-state index contributed by atoms with van der Waals surface area (Å²) >= 11 is 0. The fourth-order valence-electron chi connectivity index (χ4n) is 1.76. The number of hydrogen-bond donors (Lipinski definition) is 2. The van der Waals surface area contributed by atoms with E-state index in [1.807, 2.05) is 0 Å². The Morgan fingerprint density at radius 2 is 1.86 bits per heavy atom. The van der Waals surface area contributed by atoms with Gasteiger partial charge >= 0.3 is 5.97 Å². The number of rotatable bonds is 3. The molecule has 0 fully saturated rings. The second-order valence-electron chi connectivity index (χ2n) is 4.15. The predicted molar refractivity (Wildman–Crippen MR) is 73.8 cm³/mol. The first-order valence-corrected chi connectivity index (χ1v) is 6.00. The van der Waals surface area contributed by atoms with E-state index in [0.717, 1.165) is 18.2 Å². The van der Waals surface area contributed by atoms with Gasteiger partial charge in [-0.1, -0.05) is 12.1 Å². The molecule has 0 aliphatic carbocycles. The maximum Gasteiger partial charge on any atom is 0.339 e. The zero-order valence-electron chi connectivity index (χ0n) is 11.1. The van der Waals surface area contributed by atoms with Crippen LogP contribution in [0.3, 0.4) is 0 Å². The number of phenols is 1. The van der Waals surface area contributed by atoms with Gasteiger partial charge in [-0.25, -0.2) is 9.18 Å². The van der Waals surface area contributed by atoms with E-state index in [1.165, 1.54) is 19.2 Å². The maximum absolute atomic E-state index is 13.1. The number of para-hydroxylation sites is 1. The van der Waals surface area contributed by atoms with Crippen molar-refractivity contribution in [1.82, 2.24) is 0 Å². The van der Waals surface area contributed by atoms with Crippen molar-refractivity contribution in [2.24, 2.45) is 0 Å². The molecule has 6 heteroatoms. The quantitative estimate of drug-likeness (QED) is 0.851. The molecule has 0 aromatic heterocycles. The monoisotopic (exact) mass is 289 g/mol. The van der Waals surface area contributed by atoms with Crippen LogP contribution in [0.25, 0.3) is 0 Å². The van der Waals surface area contributed by atoms with Crippen molar-refractivity contribution < 1.29 is 23.8 Å². The van der Waals surface area contributed by atoms with Crippen LogP contribution in [-0.2, 0) is 4.74 Å². The minimum absolute atomic E-state index is 0.157. The number of anilines is 1. The van der Waals surface area contributed by atoms with E-state index < -0.39 is 17.7 Å². The van der Waals surface area contributed by atoms with Gasteiger partial charge in [0.05, 0.1) is 23.9 Å². The van der Waals surface area contributed by atoms with E-state index in [9.17, 15) is 19.1 Å². The first kappa shape index (κ1) is 14.5. The predicted octanol–water partition coefficient (Wildman–Crippen LogP) is 2.57. The van der Waals surface area contributed by atoms with Gasteiger partial charge in [0.1, 0.15) is 11.6 Å². The number of esters is 1. The van der Waals surface area contributed by atoms with Crippen LogP contribution in [0.2, 0.25) is 0 Å². The average Bonchev–Trinajstić information content (AvgIpc) is 2.49. The van der Waals surface area contributed by atoms with Gasteiger partial charge in [0.2, 0.25) is 0 Å². The number of hydrogen-bond acceptors (Lipinski definition) is 4. The van der Waals surface area contributed by atoms with Crippen LogP contribution in [-0.4, -0.2) is 24.1 Å². The highest BCUT2D eigenvalue weighted by molar-refractivity contribution is 6.09. The largest absolute Gasteiger partial charge is 0.507 e. The number of carbonyl (C=O) groups is 2. The summed E-state index contributed by atoms with van der Waals surface area (Å²) in [5.41, 5.74) is 0.136. The van der Waals surface area contributed by atoms with Crippen LogP contribution in [0, 0.1) is 5.82 Å². The second-order valence-corrected chi connectivity index (χ2v) is 4.15. The molecule has 2 aromatic rings. The van der Waals surface area contributed by atoms with E-state index in [2.05, 4.69) is 10.1 Å². The van der Waals surface area contributed by atoms with Crippen LogP contribution in [0.1, 0.15) is 20.7 Å². The number of carbonyl (C=O) groups excluding carboxylic acids is 2. The Hall–Kier alpha value is -2.89. The second kappa shape index (κ2) is 6.04. The SMILES string of the molecule is COC(=O)c1ccccc1NC(=O)c1cc(F)ccc1O. The zero-order chi connectivity index (χ0) is 15.4. The zero-order valence-corrected chi connectivity index (χ0v) is 11.1. The fourth-order valence-corrected chi connectivity index (χ4v) is 1.76. The average molecular weight is 289 g/mol. The summed E-state index contributed by atoms with van der Waals surface area (Å²) in [6.07, 6.45) is 0. The van der Waals surface area contributed by atoms with Gasteiger partial charge in [-0.2, -0.15) is 0 Å². The number of phenolic OH excluding ortho intramolecular Hbond substituents is 1. The van der Waals surface area contributed by atoms with Crippen molar-refractivity contribution in [2.75, 3.05) is 12.4 Å². The number of aromatic hydroxyl groups is 1. The molecule has 108 valence electrons. The molecule has 0 radical (unpaired) electrons. The molecule has 0 saturated carbocycles. The number of ether oxygens (including phenoxy) is 1. The van der Waals surface area contributed by atoms with E-state index >= 15 is 0 Å². The van der Waals surface area contributed by atoms with Crippen LogP contribution in [0.15, 0.2) is 42.5 Å². The molecule has 0 spiro atoms. The Morgan fingerprint density at radius 1 is 1.14 bits per heavy atom. The van der Waals surface area contributed by atoms with Gasteiger partial charge in [-0.3, -0.25) is 4.79 Å². The molecule has 0 saturated heterocycles. The van der Waals surface area contributed by atoms with Crippen LogP contribution >= 0.6 is 0 Å². The Labute approximate surface area is 120 Å². The maximum atomic E-state index is 13.1. The van der Waals surface area contributed by atoms with Gasteiger partial charge in [0.15, 0.2) is 0 Å². The van der Waals surface area contributed by atoms with Crippen LogP contribution < -0.4 is 5.32 Å². The van der Waals surface area contributed by atoms with Crippen molar-refractivity contribution >= 4 is 17.6 Å². The van der Waals surface area contributed by atoms with Crippen molar-refractivity contribution in [3.63, 3.8) is 0 Å². The molecule has 0 bridgehead atoms. The smallest absolute Gasteiger partial charge is 0.339 e. The summed E-state index contributed by atoms with van der Waals surface area (Å²) < 4.78 is 17.8. The molecule has 0 aliphatic heterocycles. The van der Waals surface area contributed by atoms with E-state index in [1.54, 1.807) is 12.1 Å². The van der Waals surface area contributed by atoms with E-state index in [0.29, 0.717) is 0 Å². The van der Waals surface area contributed by atoms with Gasteiger partial charge < -0.3 is 15.2 Å². The lowest BCUT2D eigenvalue weighted by atomic mass is 10.1. The Bertz CT molecular complexity index is 700. The molecule has 21 heavy (non-hydrogen) atoms. The highest BCUT2D eigenvalue weighted by Crippen LogP contribution is 2.21. The molecule has 0 unspecified atom stereocenters. The van der Waals surface area contributed by atoms with Gasteiger partial charge in [0, 0.05) is 0 Å². The molecule has 2 N–H and O–H groups in total. The van der Waals surface area contributed by atoms with Crippen LogP contribution in [0.4, 0.5) is 10.1 Å². The number of nitrogens with one attached hydrogen (secondary N) is 1. The lowest BCUT2D eigenvalue weighted by Gasteiger charge is -2.10. The number of benzene rings is 2. The molecular weight excluding hydrogens is 277 g/mol. The molecule has 0 heterocycles. The number of amides is 1. The van der Waals surface area contributed by atoms with Crippen molar-refractivity contribution in [3.05, 3.63) is 59.4 Å². The third-order valence-corrected chi connectivity index (χ3v) is 2.78. The normalized spacial score (nSPS) is 10.0. The summed E-state index contributed by atoms with van der Waals surface area (Å²) in [6, 6.07) is 9.23. The molecule has 1 amide bonds. The third kappa shape index (κ3) is 3.17. The van der Waals surface area contributed by atoms with Crippen molar-refractivity contribution in [1.29, 1.82) is 0 Å². The standard InChI is InChI=1S/C15H12FNO4/c1-21-15(20)10-4-2-3-5-12(10)17-14(19)11-8-9(16)6-7-13(11)18/h2-8,18H,1H3,(H,17,19). The Balaban J connectivity index is 2.32. The minimum atomic E-state index is -0.733. The van der Waals surface area contributed by atoms with Gasteiger partial charge in [0.25, 0.3) is 5.91 Å². The molecule has 2 rings (SSSR count). The van der Waals surface area contributed by atoms with Crippen molar-refractivity contribution in [2.45, 2.75) is 0 Å². The number of methoxy groups -OCH3 is 1. The molecule has 2 aromatic carbocycles. The molecule has 0 atom stereocenters. The lowest BCUT2D eigenvalue weighted by Crippen LogP contribution is -2.15. The summed E-state index contributed by atoms with van der Waals surface area (Å²) in [4.78, 5) is 23.7. The van der Waals surface area contributed by atoms with E-state index in [-0.39, 0.29) is 22.6 Å². The first-order chi connectivity index (χ1) is 10.0. The third-order valence-electron chi connectivity index (χ3n) is 2.78. The minimum Gasteiger partial charge on any atom is -0.507 e. The Morgan fingerprint density at radius 3 is 2.57 bits per heavy atom. The summed E-state index contributed by atoms with van der Waals surface area (Å²) in [5.74, 6) is -2.36. The molecule has 0 aliphatic rings. The number of halogens is 1. The summed E-state index contributed by atoms with van der Waals surface area (Å²) in [5, 5.41) is 12.0. The van der Waals surface area contributed by atoms with Crippen LogP contribution in [0.5, 0.6) is 5.75 Å².